The molecule has 0 radical (unpaired) electrons. The predicted molar refractivity (Wildman–Crippen MR) is 175 cm³/mol. The van der Waals surface area contributed by atoms with Crippen LogP contribution < -0.4 is 10.6 Å². The third kappa shape index (κ3) is 11.0. The molecular formula is C34H47N3O6S. The molecule has 2 aromatic carbocycles. The number of rotatable bonds is 12. The van der Waals surface area contributed by atoms with Crippen molar-refractivity contribution in [2.24, 2.45) is 0 Å². The van der Waals surface area contributed by atoms with Crippen molar-refractivity contribution in [2.45, 2.75) is 91.1 Å². The van der Waals surface area contributed by atoms with Crippen molar-refractivity contribution in [3.8, 4) is 0 Å². The topological polar surface area (TPSA) is 114 Å². The van der Waals surface area contributed by atoms with Crippen LogP contribution in [0.5, 0.6) is 0 Å². The van der Waals surface area contributed by atoms with Gasteiger partial charge in [-0.3, -0.25) is 9.59 Å². The summed E-state index contributed by atoms with van der Waals surface area (Å²) in [6.45, 7) is 18.0. The summed E-state index contributed by atoms with van der Waals surface area (Å²) in [5.41, 5.74) is 1.52. The normalized spacial score (nSPS) is 13.6. The third-order valence-corrected chi connectivity index (χ3v) is 6.94. The predicted octanol–water partition coefficient (Wildman–Crippen LogP) is 5.25. The molecule has 10 heteroatoms. The van der Waals surface area contributed by atoms with Gasteiger partial charge < -0.3 is 25.0 Å². The smallest absolute Gasteiger partial charge is 0.408 e. The maximum atomic E-state index is 14.3. The van der Waals surface area contributed by atoms with E-state index in [0.717, 1.165) is 16.7 Å². The van der Waals surface area contributed by atoms with Crippen LogP contribution in [0.1, 0.15) is 69.8 Å². The van der Waals surface area contributed by atoms with Crippen molar-refractivity contribution in [3.63, 3.8) is 0 Å². The van der Waals surface area contributed by atoms with Crippen LogP contribution in [0.25, 0.3) is 0 Å². The van der Waals surface area contributed by atoms with E-state index in [1.165, 1.54) is 11.0 Å². The number of ether oxygens (including phenoxy) is 2. The van der Waals surface area contributed by atoms with E-state index in [0.29, 0.717) is 5.56 Å². The van der Waals surface area contributed by atoms with E-state index < -0.39 is 53.2 Å². The highest BCUT2D eigenvalue weighted by Crippen LogP contribution is 2.28. The van der Waals surface area contributed by atoms with Gasteiger partial charge in [-0.25, -0.2) is 9.59 Å². The summed E-state index contributed by atoms with van der Waals surface area (Å²) in [6, 6.07) is 11.4. The molecule has 240 valence electrons. The molecule has 3 atom stereocenters. The minimum Gasteiger partial charge on any atom is -0.458 e. The lowest BCUT2D eigenvalue weighted by Gasteiger charge is -2.35. The second-order valence-corrected chi connectivity index (χ2v) is 13.0. The van der Waals surface area contributed by atoms with Crippen molar-refractivity contribution < 1.29 is 28.7 Å². The first kappa shape index (κ1) is 36.4. The van der Waals surface area contributed by atoms with E-state index in [9.17, 15) is 19.2 Å². The van der Waals surface area contributed by atoms with Crippen LogP contribution in [0.2, 0.25) is 0 Å². The van der Waals surface area contributed by atoms with Crippen LogP contribution in [-0.2, 0) is 30.3 Å². The van der Waals surface area contributed by atoms with Gasteiger partial charge in [-0.2, -0.15) is 12.6 Å². The number of nitrogens with one attached hydrogen (secondary N) is 2. The Hall–Kier alpha value is -3.79. The number of benzene rings is 2. The number of carbonyl (C=O) groups is 4. The van der Waals surface area contributed by atoms with Crippen molar-refractivity contribution in [1.82, 2.24) is 15.5 Å². The average molecular weight is 626 g/mol. The summed E-state index contributed by atoms with van der Waals surface area (Å²) in [5, 5.41) is 5.46. The Balaban J connectivity index is 2.58. The largest absolute Gasteiger partial charge is 0.458 e. The van der Waals surface area contributed by atoms with E-state index in [2.05, 4.69) is 29.8 Å². The summed E-state index contributed by atoms with van der Waals surface area (Å²) in [4.78, 5) is 55.7. The molecule has 2 aromatic rings. The number of thiol groups is 1. The fourth-order valence-electron chi connectivity index (χ4n) is 4.48. The molecule has 3 amide bonds. The van der Waals surface area contributed by atoms with Crippen molar-refractivity contribution in [2.75, 3.05) is 12.3 Å². The quantitative estimate of drug-likeness (QED) is 0.169. The van der Waals surface area contributed by atoms with Gasteiger partial charge in [0, 0.05) is 18.7 Å². The minimum atomic E-state index is -1.18. The van der Waals surface area contributed by atoms with Gasteiger partial charge in [-0.05, 0) is 77.6 Å². The summed E-state index contributed by atoms with van der Waals surface area (Å²) >= 11 is 4.32. The van der Waals surface area contributed by atoms with Gasteiger partial charge in [0.1, 0.15) is 29.3 Å². The first-order valence-corrected chi connectivity index (χ1v) is 15.3. The summed E-state index contributed by atoms with van der Waals surface area (Å²) in [6.07, 6.45) is 0.890. The summed E-state index contributed by atoms with van der Waals surface area (Å²) in [7, 11) is 0. The Labute approximate surface area is 267 Å². The first-order valence-electron chi connectivity index (χ1n) is 14.6. The summed E-state index contributed by atoms with van der Waals surface area (Å²) < 4.78 is 11.0. The SMILES string of the molecule is C=CCN(C(=O)C(CS)NC(=O)OC(C)(C)C)C(C(=O)NC(Cc1ccccc1)C(=O)OC(C)(C)C)c1cccc(C)c1C. The molecule has 9 nitrogen and oxygen atoms in total. The molecule has 2 rings (SSSR count). The molecule has 0 saturated carbocycles. The van der Waals surface area contributed by atoms with Gasteiger partial charge >= 0.3 is 12.1 Å². The number of aryl methyl sites for hydroxylation is 1. The van der Waals surface area contributed by atoms with Gasteiger partial charge in [-0.15, -0.1) is 6.58 Å². The summed E-state index contributed by atoms with van der Waals surface area (Å²) in [5.74, 6) is -1.81. The van der Waals surface area contributed by atoms with E-state index >= 15 is 0 Å². The molecule has 0 aliphatic rings. The fourth-order valence-corrected chi connectivity index (χ4v) is 4.73. The highest BCUT2D eigenvalue weighted by atomic mass is 32.1. The van der Waals surface area contributed by atoms with Crippen LogP contribution in [0.15, 0.2) is 61.2 Å². The lowest BCUT2D eigenvalue weighted by Crippen LogP contribution is -2.55. The van der Waals surface area contributed by atoms with E-state index in [1.54, 1.807) is 53.7 Å². The van der Waals surface area contributed by atoms with Crippen molar-refractivity contribution >= 4 is 36.5 Å². The number of amides is 3. The molecule has 0 saturated heterocycles. The average Bonchev–Trinajstić information content (AvgIpc) is 2.91. The lowest BCUT2D eigenvalue weighted by molar-refractivity contribution is -0.159. The molecule has 0 spiro atoms. The van der Waals surface area contributed by atoms with E-state index in [4.69, 9.17) is 9.47 Å². The fraction of sp³-hybridized carbons (Fsp3) is 0.471. The molecule has 0 aliphatic carbocycles. The van der Waals surface area contributed by atoms with E-state index in [1.807, 2.05) is 50.2 Å². The monoisotopic (exact) mass is 625 g/mol. The molecule has 3 unspecified atom stereocenters. The number of hydrogen-bond donors (Lipinski definition) is 3. The molecule has 2 N–H and O–H groups in total. The lowest BCUT2D eigenvalue weighted by atomic mass is 9.94. The van der Waals surface area contributed by atoms with Crippen LogP contribution >= 0.6 is 12.6 Å². The second-order valence-electron chi connectivity index (χ2n) is 12.6. The maximum absolute atomic E-state index is 14.3. The zero-order chi connectivity index (χ0) is 33.2. The molecule has 0 fully saturated rings. The molecule has 0 bridgehead atoms. The molecule has 44 heavy (non-hydrogen) atoms. The van der Waals surface area contributed by atoms with Crippen LogP contribution in [0, 0.1) is 13.8 Å². The molecule has 0 heterocycles. The van der Waals surface area contributed by atoms with Crippen LogP contribution in [-0.4, -0.2) is 64.4 Å². The Morgan fingerprint density at radius 1 is 0.886 bits per heavy atom. The Morgan fingerprint density at radius 3 is 2.05 bits per heavy atom. The highest BCUT2D eigenvalue weighted by Gasteiger charge is 2.38. The van der Waals surface area contributed by atoms with E-state index in [-0.39, 0.29) is 18.7 Å². The second kappa shape index (κ2) is 15.8. The number of nitrogens with zero attached hydrogens (tertiary/aromatic N) is 1. The zero-order valence-corrected chi connectivity index (χ0v) is 28.0. The van der Waals surface area contributed by atoms with Crippen LogP contribution in [0.4, 0.5) is 4.79 Å². The zero-order valence-electron chi connectivity index (χ0n) is 27.1. The number of carbonyl (C=O) groups excluding carboxylic acids is 4. The standard InChI is InChI=1S/C34H47N3O6S/c1-10-19-37(30(39)27(21-44)36-32(41)43-34(7,8)9)28(25-18-14-15-22(2)23(25)3)29(38)35-26(31(40)42-33(4,5)6)20-24-16-12-11-13-17-24/h10-18,26-28,44H,1,19-21H2,2-9H3,(H,35,38)(H,36,41). The minimum absolute atomic E-state index is 0.0274. The first-order chi connectivity index (χ1) is 20.5. The van der Waals surface area contributed by atoms with Gasteiger partial charge in [0.2, 0.25) is 11.8 Å². The number of alkyl carbamates (subject to hydrolysis) is 1. The molecular weight excluding hydrogens is 578 g/mol. The number of hydrogen-bond acceptors (Lipinski definition) is 7. The van der Waals surface area contributed by atoms with Gasteiger partial charge in [0.05, 0.1) is 0 Å². The number of esters is 1. The maximum Gasteiger partial charge on any atom is 0.408 e. The Bertz CT molecular complexity index is 1320. The Morgan fingerprint density at radius 2 is 1.50 bits per heavy atom. The van der Waals surface area contributed by atoms with Crippen molar-refractivity contribution in [1.29, 1.82) is 0 Å². The molecule has 0 aromatic heterocycles. The van der Waals surface area contributed by atoms with Crippen LogP contribution in [0.3, 0.4) is 0 Å². The third-order valence-electron chi connectivity index (χ3n) is 6.57. The highest BCUT2D eigenvalue weighted by molar-refractivity contribution is 7.80. The molecule has 0 aliphatic heterocycles. The Kier molecular flexibility index (Phi) is 13.1. The van der Waals surface area contributed by atoms with Gasteiger partial charge in [-0.1, -0.05) is 54.6 Å². The van der Waals surface area contributed by atoms with Crippen molar-refractivity contribution in [3.05, 3.63) is 83.4 Å². The van der Waals surface area contributed by atoms with Gasteiger partial charge in [0.25, 0.3) is 0 Å². The van der Waals surface area contributed by atoms with Gasteiger partial charge in [0.15, 0.2) is 0 Å².